The van der Waals surface area contributed by atoms with Crippen LogP contribution in [0.4, 0.5) is 5.95 Å². The molecule has 5 rings (SSSR count). The molecule has 0 spiro atoms. The SMILES string of the molecule is Cc1sc2nc(CSc3nnc(N4CCCCC4)n3-c3ccccc3)[nH]c(=O)c2c1C. The van der Waals surface area contributed by atoms with E-state index in [1.165, 1.54) is 19.3 Å². The van der Waals surface area contributed by atoms with Crippen molar-refractivity contribution in [3.8, 4) is 5.69 Å². The van der Waals surface area contributed by atoms with E-state index in [-0.39, 0.29) is 5.56 Å². The van der Waals surface area contributed by atoms with Crippen molar-refractivity contribution in [2.75, 3.05) is 18.0 Å². The maximum Gasteiger partial charge on any atom is 0.259 e. The highest BCUT2D eigenvalue weighted by Crippen LogP contribution is 2.30. The van der Waals surface area contributed by atoms with E-state index in [2.05, 4.69) is 36.8 Å². The fourth-order valence-corrected chi connectivity index (χ4v) is 5.82. The molecule has 0 aliphatic carbocycles. The van der Waals surface area contributed by atoms with Crippen molar-refractivity contribution in [2.45, 2.75) is 44.0 Å². The molecule has 4 aromatic rings. The average molecular weight is 453 g/mol. The van der Waals surface area contributed by atoms with Crippen molar-refractivity contribution in [2.24, 2.45) is 0 Å². The van der Waals surface area contributed by atoms with Gasteiger partial charge in [-0.05, 0) is 50.8 Å². The molecular formula is C22H24N6OS2. The zero-order valence-corrected chi connectivity index (χ0v) is 19.2. The number of hydrogen-bond donors (Lipinski definition) is 1. The molecule has 1 aliphatic rings. The molecule has 0 atom stereocenters. The molecule has 0 amide bonds. The lowest BCUT2D eigenvalue weighted by Gasteiger charge is -2.27. The van der Waals surface area contributed by atoms with Crippen LogP contribution < -0.4 is 10.5 Å². The molecule has 9 heteroatoms. The Bertz CT molecular complexity index is 1270. The third kappa shape index (κ3) is 3.87. The monoisotopic (exact) mass is 452 g/mol. The highest BCUT2D eigenvalue weighted by atomic mass is 32.2. The predicted octanol–water partition coefficient (Wildman–Crippen LogP) is 4.46. The second-order valence-electron chi connectivity index (χ2n) is 7.77. The van der Waals surface area contributed by atoms with Crippen LogP contribution in [0.2, 0.25) is 0 Å². The van der Waals surface area contributed by atoms with Gasteiger partial charge in [0.15, 0.2) is 5.16 Å². The number of nitrogens with one attached hydrogen (secondary N) is 1. The highest BCUT2D eigenvalue weighted by Gasteiger charge is 2.22. The Labute approximate surface area is 188 Å². The van der Waals surface area contributed by atoms with E-state index < -0.39 is 0 Å². The average Bonchev–Trinajstić information content (AvgIpc) is 3.34. The van der Waals surface area contributed by atoms with Crippen molar-refractivity contribution in [1.82, 2.24) is 24.7 Å². The zero-order chi connectivity index (χ0) is 21.4. The maximum atomic E-state index is 12.6. The first-order valence-electron chi connectivity index (χ1n) is 10.5. The first-order valence-corrected chi connectivity index (χ1v) is 12.3. The normalized spacial score (nSPS) is 14.5. The molecule has 0 saturated carbocycles. The summed E-state index contributed by atoms with van der Waals surface area (Å²) >= 11 is 3.11. The van der Waals surface area contributed by atoms with Crippen LogP contribution in [0.1, 0.15) is 35.5 Å². The Kier molecular flexibility index (Phi) is 5.54. The molecule has 1 N–H and O–H groups in total. The Hall–Kier alpha value is -2.65. The quantitative estimate of drug-likeness (QED) is 0.450. The second kappa shape index (κ2) is 8.47. The van der Waals surface area contributed by atoms with Crippen LogP contribution in [0.5, 0.6) is 0 Å². The number of piperidine rings is 1. The van der Waals surface area contributed by atoms with Crippen LogP contribution in [0.25, 0.3) is 15.9 Å². The van der Waals surface area contributed by atoms with Crippen molar-refractivity contribution < 1.29 is 0 Å². The van der Waals surface area contributed by atoms with Crippen LogP contribution in [0.15, 0.2) is 40.3 Å². The minimum Gasteiger partial charge on any atom is -0.341 e. The van der Waals surface area contributed by atoms with Gasteiger partial charge in [0.25, 0.3) is 5.56 Å². The molecule has 4 heterocycles. The van der Waals surface area contributed by atoms with Crippen LogP contribution in [0.3, 0.4) is 0 Å². The van der Waals surface area contributed by atoms with Gasteiger partial charge < -0.3 is 9.88 Å². The minimum atomic E-state index is -0.0685. The van der Waals surface area contributed by atoms with Crippen molar-refractivity contribution >= 4 is 39.3 Å². The summed E-state index contributed by atoms with van der Waals surface area (Å²) in [7, 11) is 0. The molecule has 1 fully saturated rings. The summed E-state index contributed by atoms with van der Waals surface area (Å²) in [5, 5.41) is 10.5. The molecule has 3 aromatic heterocycles. The Morgan fingerprint density at radius 3 is 2.65 bits per heavy atom. The first kappa shape index (κ1) is 20.3. The number of anilines is 1. The van der Waals surface area contributed by atoms with Crippen molar-refractivity contribution in [3.63, 3.8) is 0 Å². The predicted molar refractivity (Wildman–Crippen MR) is 127 cm³/mol. The lowest BCUT2D eigenvalue weighted by molar-refractivity contribution is 0.564. The number of benzene rings is 1. The van der Waals surface area contributed by atoms with E-state index in [1.807, 2.05) is 32.0 Å². The van der Waals surface area contributed by atoms with Gasteiger partial charge in [-0.2, -0.15) is 0 Å². The number of aromatic nitrogens is 5. The Balaban J connectivity index is 1.47. The molecule has 1 saturated heterocycles. The molecule has 0 radical (unpaired) electrons. The van der Waals surface area contributed by atoms with Crippen LogP contribution in [0, 0.1) is 13.8 Å². The Morgan fingerprint density at radius 1 is 1.10 bits per heavy atom. The number of hydrogen-bond acceptors (Lipinski definition) is 7. The van der Waals surface area contributed by atoms with Gasteiger partial charge in [0.05, 0.1) is 16.8 Å². The highest BCUT2D eigenvalue weighted by molar-refractivity contribution is 7.98. The number of para-hydroxylation sites is 1. The molecule has 0 bridgehead atoms. The zero-order valence-electron chi connectivity index (χ0n) is 17.6. The van der Waals surface area contributed by atoms with E-state index >= 15 is 0 Å². The number of fused-ring (bicyclic) bond motifs is 1. The van der Waals surface area contributed by atoms with E-state index in [1.54, 1.807) is 23.1 Å². The molecule has 0 unspecified atom stereocenters. The van der Waals surface area contributed by atoms with E-state index in [0.29, 0.717) is 17.0 Å². The largest absolute Gasteiger partial charge is 0.341 e. The molecule has 7 nitrogen and oxygen atoms in total. The molecule has 1 aliphatic heterocycles. The van der Waals surface area contributed by atoms with Gasteiger partial charge >= 0.3 is 0 Å². The van der Waals surface area contributed by atoms with Crippen LogP contribution in [-0.2, 0) is 5.75 Å². The van der Waals surface area contributed by atoms with Gasteiger partial charge in [0.1, 0.15) is 10.7 Å². The summed E-state index contributed by atoms with van der Waals surface area (Å²) in [6, 6.07) is 10.2. The third-order valence-electron chi connectivity index (χ3n) is 5.70. The topological polar surface area (TPSA) is 79.7 Å². The number of H-pyrrole nitrogens is 1. The Morgan fingerprint density at radius 2 is 1.87 bits per heavy atom. The fourth-order valence-electron chi connectivity index (χ4n) is 3.96. The van der Waals surface area contributed by atoms with Gasteiger partial charge in [-0.1, -0.05) is 30.0 Å². The summed E-state index contributed by atoms with van der Waals surface area (Å²) < 4.78 is 2.12. The molecular weight excluding hydrogens is 428 g/mol. The van der Waals surface area contributed by atoms with Gasteiger partial charge in [0.2, 0.25) is 5.95 Å². The third-order valence-corrected chi connectivity index (χ3v) is 7.74. The summed E-state index contributed by atoms with van der Waals surface area (Å²) in [6.07, 6.45) is 3.62. The number of rotatable bonds is 5. The smallest absolute Gasteiger partial charge is 0.259 e. The number of aromatic amines is 1. The van der Waals surface area contributed by atoms with Gasteiger partial charge in [-0.25, -0.2) is 4.98 Å². The number of aryl methyl sites for hydroxylation is 2. The van der Waals surface area contributed by atoms with Crippen LogP contribution in [-0.4, -0.2) is 37.8 Å². The van der Waals surface area contributed by atoms with E-state index in [4.69, 9.17) is 4.98 Å². The van der Waals surface area contributed by atoms with E-state index in [9.17, 15) is 4.79 Å². The summed E-state index contributed by atoms with van der Waals surface area (Å²) in [6.45, 7) is 6.00. The maximum absolute atomic E-state index is 12.6. The molecule has 31 heavy (non-hydrogen) atoms. The molecule has 1 aromatic carbocycles. The van der Waals surface area contributed by atoms with Crippen LogP contribution >= 0.6 is 23.1 Å². The van der Waals surface area contributed by atoms with E-state index in [0.717, 1.165) is 45.2 Å². The lowest BCUT2D eigenvalue weighted by atomic mass is 10.1. The number of nitrogens with zero attached hydrogens (tertiary/aromatic N) is 5. The summed E-state index contributed by atoms with van der Waals surface area (Å²) in [4.78, 5) is 24.5. The first-order chi connectivity index (χ1) is 15.1. The summed E-state index contributed by atoms with van der Waals surface area (Å²) in [5.41, 5.74) is 1.99. The standard InChI is InChI=1S/C22H24N6OS2/c1-14-15(2)31-20-18(14)19(29)23-17(24-20)13-30-22-26-25-21(27-11-7-4-8-12-27)28(22)16-9-5-3-6-10-16/h3,5-6,9-10H,4,7-8,11-13H2,1-2H3,(H,23,24,29). The second-order valence-corrected chi connectivity index (χ2v) is 9.91. The van der Waals surface area contributed by atoms with Gasteiger partial charge in [-0.3, -0.25) is 9.36 Å². The van der Waals surface area contributed by atoms with Gasteiger partial charge in [0, 0.05) is 18.0 Å². The number of thioether (sulfide) groups is 1. The number of thiophene rings is 1. The molecule has 160 valence electrons. The summed E-state index contributed by atoms with van der Waals surface area (Å²) in [5.74, 6) is 2.06. The fraction of sp³-hybridized carbons (Fsp3) is 0.364. The van der Waals surface area contributed by atoms with Crippen molar-refractivity contribution in [3.05, 3.63) is 57.0 Å². The van der Waals surface area contributed by atoms with Crippen molar-refractivity contribution in [1.29, 1.82) is 0 Å². The lowest BCUT2D eigenvalue weighted by Crippen LogP contribution is -2.31. The van der Waals surface area contributed by atoms with Gasteiger partial charge in [-0.15, -0.1) is 21.5 Å². The minimum absolute atomic E-state index is 0.0685.